The van der Waals surface area contributed by atoms with Gasteiger partial charge in [-0.25, -0.2) is 4.98 Å². The second-order valence-electron chi connectivity index (χ2n) is 8.35. The van der Waals surface area contributed by atoms with Crippen LogP contribution in [0.25, 0.3) is 0 Å². The van der Waals surface area contributed by atoms with E-state index in [9.17, 15) is 9.59 Å². The predicted molar refractivity (Wildman–Crippen MR) is 111 cm³/mol. The fraction of sp³-hybridized carbons (Fsp3) is 0.650. The van der Waals surface area contributed by atoms with Crippen LogP contribution in [0.3, 0.4) is 0 Å². The molecule has 1 N–H and O–H groups in total. The fourth-order valence-electron chi connectivity index (χ4n) is 4.02. The summed E-state index contributed by atoms with van der Waals surface area (Å²) in [7, 11) is 0. The molecule has 0 aromatic carbocycles. The Labute approximate surface area is 179 Å². The Bertz CT molecular complexity index is 931. The van der Waals surface area contributed by atoms with Crippen LogP contribution in [0.5, 0.6) is 0 Å². The van der Waals surface area contributed by atoms with Crippen molar-refractivity contribution in [1.29, 1.82) is 0 Å². The van der Waals surface area contributed by atoms with E-state index in [1.807, 2.05) is 35.6 Å². The Balaban J connectivity index is 1.48. The Kier molecular flexibility index (Phi) is 5.88. The molecule has 162 valence electrons. The second kappa shape index (κ2) is 8.43. The summed E-state index contributed by atoms with van der Waals surface area (Å²) < 4.78 is 7.83. The summed E-state index contributed by atoms with van der Waals surface area (Å²) in [5, 5.41) is 14.0. The highest BCUT2D eigenvalue weighted by atomic mass is 32.1. The molecule has 2 amide bonds. The minimum atomic E-state index is -0.202. The van der Waals surface area contributed by atoms with Crippen LogP contribution in [0.4, 0.5) is 0 Å². The van der Waals surface area contributed by atoms with Crippen molar-refractivity contribution in [2.75, 3.05) is 19.7 Å². The fourth-order valence-corrected chi connectivity index (χ4v) is 4.60. The van der Waals surface area contributed by atoms with E-state index in [1.54, 1.807) is 0 Å². The van der Waals surface area contributed by atoms with E-state index in [1.165, 1.54) is 11.3 Å². The number of aromatic nitrogens is 4. The molecule has 0 saturated carbocycles. The second-order valence-corrected chi connectivity index (χ2v) is 9.41. The number of nitrogens with one attached hydrogen (secondary N) is 1. The van der Waals surface area contributed by atoms with Gasteiger partial charge in [0.2, 0.25) is 5.82 Å². The minimum Gasteiger partial charge on any atom is -0.373 e. The van der Waals surface area contributed by atoms with E-state index in [4.69, 9.17) is 4.74 Å². The SMILES string of the molecule is CC[C@@H](C)NC(=O)c1nnc2n1CC1(CCN(C(=O)c3csc(C)n3)CC1)COC2. The summed E-state index contributed by atoms with van der Waals surface area (Å²) in [6.45, 7) is 8.73. The first kappa shape index (κ1) is 20.9. The topological polar surface area (TPSA) is 102 Å². The maximum absolute atomic E-state index is 12.7. The van der Waals surface area contributed by atoms with Gasteiger partial charge in [-0.3, -0.25) is 9.59 Å². The molecular weight excluding hydrogens is 404 g/mol. The Hall–Kier alpha value is -2.33. The Morgan fingerprint density at radius 3 is 2.77 bits per heavy atom. The first-order valence-electron chi connectivity index (χ1n) is 10.4. The molecule has 4 rings (SSSR count). The number of hydrogen-bond donors (Lipinski definition) is 1. The molecule has 2 aliphatic rings. The van der Waals surface area contributed by atoms with Gasteiger partial charge in [0, 0.05) is 36.5 Å². The molecule has 2 aliphatic heterocycles. The summed E-state index contributed by atoms with van der Waals surface area (Å²) in [4.78, 5) is 31.6. The van der Waals surface area contributed by atoms with Gasteiger partial charge < -0.3 is 19.5 Å². The molecule has 1 saturated heterocycles. The average Bonchev–Trinajstić information content (AvgIpc) is 3.30. The van der Waals surface area contributed by atoms with Crippen LogP contribution in [-0.4, -0.2) is 62.2 Å². The molecule has 1 atom stereocenters. The van der Waals surface area contributed by atoms with Gasteiger partial charge in [0.1, 0.15) is 12.3 Å². The quantitative estimate of drug-likeness (QED) is 0.793. The maximum Gasteiger partial charge on any atom is 0.289 e. The molecule has 9 nitrogen and oxygen atoms in total. The Morgan fingerprint density at radius 2 is 2.10 bits per heavy atom. The maximum atomic E-state index is 12.7. The highest BCUT2D eigenvalue weighted by Crippen LogP contribution is 2.37. The zero-order valence-corrected chi connectivity index (χ0v) is 18.5. The van der Waals surface area contributed by atoms with Crippen LogP contribution in [-0.2, 0) is 17.9 Å². The van der Waals surface area contributed by atoms with E-state index in [0.29, 0.717) is 50.2 Å². The number of hydrogen-bond acceptors (Lipinski definition) is 7. The van der Waals surface area contributed by atoms with Crippen molar-refractivity contribution < 1.29 is 14.3 Å². The van der Waals surface area contributed by atoms with Gasteiger partial charge in [-0.2, -0.15) is 0 Å². The van der Waals surface area contributed by atoms with Gasteiger partial charge in [0.05, 0.1) is 11.6 Å². The third-order valence-corrected chi connectivity index (χ3v) is 6.88. The molecule has 0 radical (unpaired) electrons. The molecule has 0 unspecified atom stereocenters. The van der Waals surface area contributed by atoms with Crippen LogP contribution < -0.4 is 5.32 Å². The van der Waals surface area contributed by atoms with Crippen molar-refractivity contribution in [2.45, 2.75) is 59.2 Å². The number of thiazole rings is 1. The largest absolute Gasteiger partial charge is 0.373 e. The van der Waals surface area contributed by atoms with Gasteiger partial charge in [-0.15, -0.1) is 21.5 Å². The average molecular weight is 433 g/mol. The normalized spacial score (nSPS) is 19.2. The lowest BCUT2D eigenvalue weighted by molar-refractivity contribution is -0.00214. The number of piperidine rings is 1. The summed E-state index contributed by atoms with van der Waals surface area (Å²) in [5.41, 5.74) is 0.379. The summed E-state index contributed by atoms with van der Waals surface area (Å²) in [6.07, 6.45) is 2.44. The van der Waals surface area contributed by atoms with Crippen LogP contribution >= 0.6 is 11.3 Å². The van der Waals surface area contributed by atoms with Gasteiger partial charge in [0.15, 0.2) is 5.82 Å². The third-order valence-electron chi connectivity index (χ3n) is 6.10. The number of aryl methyl sites for hydroxylation is 1. The summed E-state index contributed by atoms with van der Waals surface area (Å²) in [5.74, 6) is 0.804. The number of likely N-dealkylation sites (tertiary alicyclic amines) is 1. The molecule has 1 spiro atoms. The molecule has 0 bridgehead atoms. The van der Waals surface area contributed by atoms with Crippen molar-refractivity contribution in [3.63, 3.8) is 0 Å². The van der Waals surface area contributed by atoms with Crippen molar-refractivity contribution >= 4 is 23.2 Å². The zero-order chi connectivity index (χ0) is 21.3. The van der Waals surface area contributed by atoms with Gasteiger partial charge in [0.25, 0.3) is 11.8 Å². The van der Waals surface area contributed by atoms with Crippen LogP contribution in [0.1, 0.15) is 65.0 Å². The van der Waals surface area contributed by atoms with Gasteiger partial charge in [-0.1, -0.05) is 6.92 Å². The standard InChI is InChI=1S/C20H28N6O3S/c1-4-13(2)21-18(27)17-24-23-16-9-29-12-20(11-26(16)17)5-7-25(8-6-20)19(28)15-10-30-14(3)22-15/h10,13H,4-9,11-12H2,1-3H3,(H,21,27)/t13-/m1/s1. The van der Waals surface area contributed by atoms with Gasteiger partial charge >= 0.3 is 0 Å². The predicted octanol–water partition coefficient (Wildman–Crippen LogP) is 2.02. The summed E-state index contributed by atoms with van der Waals surface area (Å²) >= 11 is 1.49. The van der Waals surface area contributed by atoms with Crippen LogP contribution in [0, 0.1) is 12.3 Å². The van der Waals surface area contributed by atoms with Crippen molar-refractivity contribution in [3.8, 4) is 0 Å². The number of ether oxygens (including phenoxy) is 1. The first-order valence-corrected chi connectivity index (χ1v) is 11.3. The zero-order valence-electron chi connectivity index (χ0n) is 17.7. The minimum absolute atomic E-state index is 0.0117. The molecule has 2 aromatic rings. The smallest absolute Gasteiger partial charge is 0.289 e. The number of amides is 2. The molecule has 4 heterocycles. The van der Waals surface area contributed by atoms with Crippen molar-refractivity contribution in [1.82, 2.24) is 30.0 Å². The first-order chi connectivity index (χ1) is 14.4. The number of fused-ring (bicyclic) bond motifs is 1. The monoisotopic (exact) mass is 432 g/mol. The number of carbonyl (C=O) groups is 2. The molecule has 0 aliphatic carbocycles. The van der Waals surface area contributed by atoms with E-state index >= 15 is 0 Å². The highest BCUT2D eigenvalue weighted by Gasteiger charge is 2.40. The van der Waals surface area contributed by atoms with E-state index in [-0.39, 0.29) is 23.3 Å². The van der Waals surface area contributed by atoms with Crippen LogP contribution in [0.2, 0.25) is 0 Å². The lowest BCUT2D eigenvalue weighted by Gasteiger charge is -2.40. The lowest BCUT2D eigenvalue weighted by Crippen LogP contribution is -2.46. The molecule has 30 heavy (non-hydrogen) atoms. The molecule has 2 aromatic heterocycles. The molecule has 1 fully saturated rings. The van der Waals surface area contributed by atoms with E-state index in [2.05, 4.69) is 20.5 Å². The number of nitrogens with zero attached hydrogens (tertiary/aromatic N) is 5. The third kappa shape index (κ3) is 4.11. The molecular formula is C20H28N6O3S. The number of rotatable bonds is 4. The summed E-state index contributed by atoms with van der Waals surface area (Å²) in [6, 6.07) is 0.0741. The lowest BCUT2D eigenvalue weighted by atomic mass is 9.78. The van der Waals surface area contributed by atoms with E-state index < -0.39 is 0 Å². The van der Waals surface area contributed by atoms with Crippen LogP contribution in [0.15, 0.2) is 5.38 Å². The van der Waals surface area contributed by atoms with E-state index in [0.717, 1.165) is 24.3 Å². The van der Waals surface area contributed by atoms with Crippen molar-refractivity contribution in [3.05, 3.63) is 27.7 Å². The van der Waals surface area contributed by atoms with Gasteiger partial charge in [-0.05, 0) is 33.1 Å². The molecule has 10 heteroatoms. The Morgan fingerprint density at radius 1 is 1.33 bits per heavy atom. The van der Waals surface area contributed by atoms with Crippen molar-refractivity contribution in [2.24, 2.45) is 5.41 Å². The highest BCUT2D eigenvalue weighted by molar-refractivity contribution is 7.09. The number of carbonyl (C=O) groups excluding carboxylic acids is 2.